The van der Waals surface area contributed by atoms with Crippen LogP contribution in [0.25, 0.3) is 0 Å². The van der Waals surface area contributed by atoms with E-state index < -0.39 is 8.57 Å². The normalized spacial score (nSPS) is 10.9. The highest BCUT2D eigenvalue weighted by Gasteiger charge is 1.83. The number of hydrogen-bond donors (Lipinski definition) is 0. The molecule has 0 aromatic rings. The molecule has 0 aliphatic carbocycles. The summed E-state index contributed by atoms with van der Waals surface area (Å²) in [6, 6.07) is 0.943. The van der Waals surface area contributed by atoms with E-state index in [0.29, 0.717) is 0 Å². The van der Waals surface area contributed by atoms with Crippen LogP contribution in [-0.2, 0) is 0 Å². The van der Waals surface area contributed by atoms with Gasteiger partial charge >= 0.3 is 0 Å². The van der Waals surface area contributed by atoms with E-state index in [9.17, 15) is 0 Å². The van der Waals surface area contributed by atoms with Crippen LogP contribution in [0.4, 0.5) is 0 Å². The molecule has 0 saturated heterocycles. The number of nitrogens with zero attached hydrogens (tertiary/aromatic N) is 1. The van der Waals surface area contributed by atoms with E-state index in [1.54, 1.807) is 0 Å². The van der Waals surface area contributed by atoms with Gasteiger partial charge in [0.05, 0.1) is 0 Å². The van der Waals surface area contributed by atoms with Crippen molar-refractivity contribution >= 4 is 21.0 Å². The fraction of sp³-hybridized carbons (Fsp3) is 0.250. The number of allylic oxidation sites excluding steroid dienone is 3. The minimum atomic E-state index is -0.763. The van der Waals surface area contributed by atoms with Gasteiger partial charge in [-0.2, -0.15) is 0 Å². The summed E-state index contributed by atoms with van der Waals surface area (Å²) in [6.07, 6.45) is 11.4. The van der Waals surface area contributed by atoms with Gasteiger partial charge < -0.3 is 4.66 Å². The molecular weight excluding hydrogens is 138 g/mol. The lowest BCUT2D eigenvalue weighted by Crippen LogP contribution is -1.92. The summed E-state index contributed by atoms with van der Waals surface area (Å²) >= 11 is 0. The predicted molar refractivity (Wildman–Crippen MR) is 51.2 cm³/mol. The molecule has 0 atom stereocenters. The van der Waals surface area contributed by atoms with Crippen LogP contribution in [0.2, 0.25) is 6.04 Å². The molecule has 0 aromatic carbocycles. The average Bonchev–Trinajstić information content (AvgIpc) is 1.89. The molecule has 0 spiro atoms. The van der Waals surface area contributed by atoms with Crippen molar-refractivity contribution in [3.05, 3.63) is 24.8 Å². The van der Waals surface area contributed by atoms with Crippen LogP contribution in [0.15, 0.2) is 29.5 Å². The van der Waals surface area contributed by atoms with Gasteiger partial charge in [0.2, 0.25) is 0 Å². The fourth-order valence-electron chi connectivity index (χ4n) is 0.454. The van der Waals surface area contributed by atoms with Crippen LogP contribution in [-0.4, -0.2) is 21.0 Å². The summed E-state index contributed by atoms with van der Waals surface area (Å²) < 4.78 is 4.21. The smallest absolute Gasteiger partial charge is 0.152 e. The Balaban J connectivity index is 3.66. The Kier molecular flexibility index (Phi) is 5.87. The third-order valence-electron chi connectivity index (χ3n) is 0.916. The Morgan fingerprint density at radius 1 is 1.60 bits per heavy atom. The molecule has 0 radical (unpaired) electrons. The maximum absolute atomic E-state index is 4.21. The van der Waals surface area contributed by atoms with Crippen LogP contribution in [0, 0.1) is 0 Å². The van der Waals surface area contributed by atoms with E-state index in [4.69, 9.17) is 0 Å². The molecule has 0 heterocycles. The Hall–Kier alpha value is -0.763. The quantitative estimate of drug-likeness (QED) is 0.330. The van der Waals surface area contributed by atoms with Gasteiger partial charge in [-0.1, -0.05) is 18.3 Å². The zero-order valence-electron chi connectivity index (χ0n) is 6.38. The first-order valence-corrected chi connectivity index (χ1v) is 5.11. The van der Waals surface area contributed by atoms with Gasteiger partial charge in [0.25, 0.3) is 0 Å². The monoisotopic (exact) mass is 151 g/mol. The molecule has 0 bridgehead atoms. The Morgan fingerprint density at radius 3 is 2.80 bits per heavy atom. The van der Waals surface area contributed by atoms with E-state index in [-0.39, 0.29) is 0 Å². The molecule has 1 nitrogen and oxygen atoms in total. The summed E-state index contributed by atoms with van der Waals surface area (Å²) in [4.78, 5) is 0. The van der Waals surface area contributed by atoms with Crippen molar-refractivity contribution in [2.24, 2.45) is 4.66 Å². The van der Waals surface area contributed by atoms with Crippen molar-refractivity contribution < 1.29 is 0 Å². The highest BCUT2D eigenvalue weighted by Crippen LogP contribution is 1.82. The van der Waals surface area contributed by atoms with Gasteiger partial charge in [-0.15, -0.1) is 6.58 Å². The standard InChI is InChI=1S/C8H13NSi/c1-4-6-7-9-10(3)8-5-2/h4-7H,2-3,8H2,1H3/b6-4-,9-7?. The maximum Gasteiger partial charge on any atom is 0.152 e. The molecule has 0 fully saturated rings. The van der Waals surface area contributed by atoms with Gasteiger partial charge in [-0.05, 0) is 19.0 Å². The molecule has 0 rings (SSSR count). The van der Waals surface area contributed by atoms with Crippen molar-refractivity contribution in [2.75, 3.05) is 0 Å². The fourth-order valence-corrected chi connectivity index (χ4v) is 1.19. The first-order chi connectivity index (χ1) is 4.81. The minimum Gasteiger partial charge on any atom is -0.306 e. The second-order valence-electron chi connectivity index (χ2n) is 1.86. The van der Waals surface area contributed by atoms with Crippen LogP contribution in [0.3, 0.4) is 0 Å². The van der Waals surface area contributed by atoms with Crippen molar-refractivity contribution in [2.45, 2.75) is 13.0 Å². The SMILES string of the molecule is C=CC[Si](=C)N=C/C=C\C. The van der Waals surface area contributed by atoms with Crippen LogP contribution in [0.5, 0.6) is 0 Å². The maximum atomic E-state index is 4.21. The lowest BCUT2D eigenvalue weighted by atomic mass is 10.6. The number of hydrogen-bond acceptors (Lipinski definition) is 1. The molecule has 10 heavy (non-hydrogen) atoms. The van der Waals surface area contributed by atoms with E-state index in [1.807, 2.05) is 31.4 Å². The molecule has 2 heteroatoms. The molecule has 0 unspecified atom stereocenters. The van der Waals surface area contributed by atoms with Crippen LogP contribution >= 0.6 is 0 Å². The molecule has 0 aliphatic heterocycles. The van der Waals surface area contributed by atoms with E-state index in [1.165, 1.54) is 0 Å². The first-order valence-electron chi connectivity index (χ1n) is 3.25. The Morgan fingerprint density at radius 2 is 2.30 bits per heavy atom. The molecule has 0 aliphatic rings. The lowest BCUT2D eigenvalue weighted by molar-refractivity contribution is 1.64. The van der Waals surface area contributed by atoms with Crippen LogP contribution in [0.1, 0.15) is 6.92 Å². The van der Waals surface area contributed by atoms with Gasteiger partial charge in [-0.3, -0.25) is 0 Å². The van der Waals surface area contributed by atoms with Crippen molar-refractivity contribution in [1.82, 2.24) is 0 Å². The van der Waals surface area contributed by atoms with Crippen LogP contribution < -0.4 is 0 Å². The second kappa shape index (κ2) is 6.36. The third-order valence-corrected chi connectivity index (χ3v) is 2.19. The molecule has 0 aromatic heterocycles. The summed E-state index contributed by atoms with van der Waals surface area (Å²) in [5.41, 5.74) is 0. The second-order valence-corrected chi connectivity index (χ2v) is 3.66. The summed E-state index contributed by atoms with van der Waals surface area (Å²) in [5, 5.41) is 0. The Bertz CT molecular complexity index is 168. The van der Waals surface area contributed by atoms with Gasteiger partial charge in [0, 0.05) is 6.21 Å². The predicted octanol–water partition coefficient (Wildman–Crippen LogP) is 1.82. The largest absolute Gasteiger partial charge is 0.306 e. The summed E-state index contributed by atoms with van der Waals surface area (Å²) in [6.45, 7) is 5.59. The first kappa shape index (κ1) is 9.24. The van der Waals surface area contributed by atoms with Gasteiger partial charge in [0.15, 0.2) is 8.57 Å². The highest BCUT2D eigenvalue weighted by atomic mass is 28.2. The highest BCUT2D eigenvalue weighted by molar-refractivity contribution is 6.61. The molecule has 54 valence electrons. The molecule has 0 saturated carbocycles. The number of rotatable bonds is 4. The van der Waals surface area contributed by atoms with Crippen molar-refractivity contribution in [3.8, 4) is 0 Å². The van der Waals surface area contributed by atoms with E-state index in [2.05, 4.69) is 17.4 Å². The zero-order chi connectivity index (χ0) is 7.82. The third kappa shape index (κ3) is 5.38. The van der Waals surface area contributed by atoms with Crippen molar-refractivity contribution in [1.29, 1.82) is 0 Å². The van der Waals surface area contributed by atoms with Gasteiger partial charge in [-0.25, -0.2) is 0 Å². The molecular formula is C8H13NSi. The summed E-state index contributed by atoms with van der Waals surface area (Å²) in [5.74, 6) is 0. The average molecular weight is 151 g/mol. The van der Waals surface area contributed by atoms with Gasteiger partial charge in [0.1, 0.15) is 0 Å². The molecule has 0 amide bonds. The Labute approximate surface area is 64.1 Å². The van der Waals surface area contributed by atoms with Crippen molar-refractivity contribution in [3.63, 3.8) is 0 Å². The zero-order valence-corrected chi connectivity index (χ0v) is 7.38. The lowest BCUT2D eigenvalue weighted by Gasteiger charge is -1.86. The minimum absolute atomic E-state index is 0.763. The summed E-state index contributed by atoms with van der Waals surface area (Å²) in [7, 11) is -0.763. The molecule has 0 N–H and O–H groups in total. The topological polar surface area (TPSA) is 12.4 Å². The van der Waals surface area contributed by atoms with E-state index in [0.717, 1.165) is 6.04 Å². The van der Waals surface area contributed by atoms with E-state index >= 15 is 0 Å².